The van der Waals surface area contributed by atoms with Crippen LogP contribution in [-0.2, 0) is 9.53 Å². The van der Waals surface area contributed by atoms with Crippen LogP contribution in [0, 0.1) is 0 Å². The predicted octanol–water partition coefficient (Wildman–Crippen LogP) is 0.614. The molecule has 0 aromatic rings. The molecule has 1 N–H and O–H groups in total. The van der Waals surface area contributed by atoms with Gasteiger partial charge in [-0.2, -0.15) is 0 Å². The van der Waals surface area contributed by atoms with Gasteiger partial charge in [0.25, 0.3) is 0 Å². The molecule has 2 unspecified atom stereocenters. The van der Waals surface area contributed by atoms with Crippen molar-refractivity contribution in [1.29, 1.82) is 0 Å². The van der Waals surface area contributed by atoms with Crippen molar-refractivity contribution in [1.82, 2.24) is 4.90 Å². The highest BCUT2D eigenvalue weighted by Gasteiger charge is 2.28. The average molecular weight is 236 g/mol. The number of morpholine rings is 1. The molecule has 0 aromatic carbocycles. The van der Waals surface area contributed by atoms with Gasteiger partial charge in [0.2, 0.25) is 5.91 Å². The standard InChI is InChI=1S/C10H18ClNO3/c1-8-7-15-9(6-13)5-12(8)10(14)3-2-4-11/h8-9,13H,2-7H2,1H3. The van der Waals surface area contributed by atoms with Gasteiger partial charge in [-0.05, 0) is 13.3 Å². The van der Waals surface area contributed by atoms with E-state index in [0.717, 1.165) is 0 Å². The van der Waals surface area contributed by atoms with Crippen LogP contribution < -0.4 is 0 Å². The van der Waals surface area contributed by atoms with Crippen molar-refractivity contribution in [3.8, 4) is 0 Å². The smallest absolute Gasteiger partial charge is 0.223 e. The van der Waals surface area contributed by atoms with Crippen molar-refractivity contribution in [2.75, 3.05) is 25.6 Å². The summed E-state index contributed by atoms with van der Waals surface area (Å²) in [4.78, 5) is 13.5. The van der Waals surface area contributed by atoms with Gasteiger partial charge < -0.3 is 14.7 Å². The number of ether oxygens (including phenoxy) is 1. The minimum Gasteiger partial charge on any atom is -0.394 e. The van der Waals surface area contributed by atoms with E-state index in [9.17, 15) is 4.79 Å². The Morgan fingerprint density at radius 2 is 2.40 bits per heavy atom. The summed E-state index contributed by atoms with van der Waals surface area (Å²) in [6, 6.07) is 0.0932. The van der Waals surface area contributed by atoms with Crippen molar-refractivity contribution < 1.29 is 14.6 Å². The van der Waals surface area contributed by atoms with Crippen LogP contribution in [-0.4, -0.2) is 53.7 Å². The van der Waals surface area contributed by atoms with Crippen LogP contribution in [0.25, 0.3) is 0 Å². The van der Waals surface area contributed by atoms with E-state index in [1.807, 2.05) is 6.92 Å². The monoisotopic (exact) mass is 235 g/mol. The van der Waals surface area contributed by atoms with Crippen molar-refractivity contribution in [2.24, 2.45) is 0 Å². The zero-order valence-electron chi connectivity index (χ0n) is 8.99. The number of alkyl halides is 1. The number of rotatable bonds is 4. The summed E-state index contributed by atoms with van der Waals surface area (Å²) >= 11 is 5.54. The highest BCUT2D eigenvalue weighted by molar-refractivity contribution is 6.17. The second-order valence-electron chi connectivity index (χ2n) is 3.83. The molecule has 1 amide bonds. The summed E-state index contributed by atoms with van der Waals surface area (Å²) in [5.74, 6) is 0.610. The number of carbonyl (C=O) groups excluding carboxylic acids is 1. The predicted molar refractivity (Wildman–Crippen MR) is 58.0 cm³/mol. The van der Waals surface area contributed by atoms with Crippen LogP contribution in [0.1, 0.15) is 19.8 Å². The summed E-state index contributed by atoms with van der Waals surface area (Å²) in [6.45, 7) is 2.90. The van der Waals surface area contributed by atoms with Crippen LogP contribution in [0.5, 0.6) is 0 Å². The maximum absolute atomic E-state index is 11.8. The first-order valence-electron chi connectivity index (χ1n) is 5.27. The normalized spacial score (nSPS) is 26.7. The second-order valence-corrected chi connectivity index (χ2v) is 4.20. The quantitative estimate of drug-likeness (QED) is 0.727. The van der Waals surface area contributed by atoms with Gasteiger partial charge in [-0.25, -0.2) is 0 Å². The summed E-state index contributed by atoms with van der Waals surface area (Å²) < 4.78 is 5.35. The molecule has 0 aromatic heterocycles. The van der Waals surface area contributed by atoms with Crippen molar-refractivity contribution in [2.45, 2.75) is 31.9 Å². The SMILES string of the molecule is CC1COC(CO)CN1C(=O)CCCCl. The number of aliphatic hydroxyl groups excluding tert-OH is 1. The zero-order valence-corrected chi connectivity index (χ0v) is 9.74. The molecule has 1 saturated heterocycles. The van der Waals surface area contributed by atoms with Gasteiger partial charge in [0, 0.05) is 18.8 Å². The molecule has 1 fully saturated rings. The molecule has 0 saturated carbocycles. The van der Waals surface area contributed by atoms with Crippen LogP contribution in [0.4, 0.5) is 0 Å². The van der Waals surface area contributed by atoms with Crippen LogP contribution in [0.15, 0.2) is 0 Å². The van der Waals surface area contributed by atoms with E-state index >= 15 is 0 Å². The lowest BCUT2D eigenvalue weighted by Gasteiger charge is -2.37. The molecule has 88 valence electrons. The molecule has 1 heterocycles. The Labute approximate surface area is 95.2 Å². The van der Waals surface area contributed by atoms with E-state index in [1.54, 1.807) is 4.90 Å². The number of halogens is 1. The molecule has 0 radical (unpaired) electrons. The van der Waals surface area contributed by atoms with Gasteiger partial charge in [-0.1, -0.05) is 0 Å². The number of amides is 1. The van der Waals surface area contributed by atoms with Gasteiger partial charge in [-0.15, -0.1) is 11.6 Å². The Morgan fingerprint density at radius 1 is 1.67 bits per heavy atom. The Morgan fingerprint density at radius 3 is 3.00 bits per heavy atom. The summed E-state index contributed by atoms with van der Waals surface area (Å²) in [5.41, 5.74) is 0. The highest BCUT2D eigenvalue weighted by atomic mass is 35.5. The van der Waals surface area contributed by atoms with Gasteiger partial charge in [0.05, 0.1) is 25.4 Å². The third-order valence-electron chi connectivity index (χ3n) is 2.55. The Hall–Kier alpha value is -0.320. The molecule has 0 aliphatic carbocycles. The first-order chi connectivity index (χ1) is 7.19. The maximum Gasteiger partial charge on any atom is 0.223 e. The minimum atomic E-state index is -0.235. The van der Waals surface area contributed by atoms with Crippen molar-refractivity contribution >= 4 is 17.5 Å². The third-order valence-corrected chi connectivity index (χ3v) is 2.82. The fourth-order valence-electron chi connectivity index (χ4n) is 1.64. The van der Waals surface area contributed by atoms with E-state index in [-0.39, 0.29) is 24.7 Å². The number of aliphatic hydroxyl groups is 1. The lowest BCUT2D eigenvalue weighted by molar-refractivity contribution is -0.146. The minimum absolute atomic E-state index is 0.0357. The molecule has 0 bridgehead atoms. The Kier molecular flexibility index (Phi) is 5.36. The molecule has 2 atom stereocenters. The largest absolute Gasteiger partial charge is 0.394 e. The van der Waals surface area contributed by atoms with Crippen LogP contribution in [0.3, 0.4) is 0 Å². The van der Waals surface area contributed by atoms with E-state index in [2.05, 4.69) is 0 Å². The van der Waals surface area contributed by atoms with E-state index in [1.165, 1.54) is 0 Å². The topological polar surface area (TPSA) is 49.8 Å². The van der Waals surface area contributed by atoms with Crippen LogP contribution in [0.2, 0.25) is 0 Å². The van der Waals surface area contributed by atoms with E-state index in [0.29, 0.717) is 31.9 Å². The molecule has 1 rings (SSSR count). The van der Waals surface area contributed by atoms with Gasteiger partial charge >= 0.3 is 0 Å². The zero-order chi connectivity index (χ0) is 11.3. The lowest BCUT2D eigenvalue weighted by atomic mass is 10.1. The number of nitrogens with zero attached hydrogens (tertiary/aromatic N) is 1. The summed E-state index contributed by atoms with van der Waals surface area (Å²) in [5, 5.41) is 8.97. The average Bonchev–Trinajstić information content (AvgIpc) is 2.26. The highest BCUT2D eigenvalue weighted by Crippen LogP contribution is 2.13. The number of hydrogen-bond donors (Lipinski definition) is 1. The molecular weight excluding hydrogens is 218 g/mol. The first kappa shape index (κ1) is 12.7. The van der Waals surface area contributed by atoms with E-state index in [4.69, 9.17) is 21.4 Å². The third kappa shape index (κ3) is 3.63. The molecule has 1 aliphatic heterocycles. The van der Waals surface area contributed by atoms with Gasteiger partial charge in [0.15, 0.2) is 0 Å². The summed E-state index contributed by atoms with van der Waals surface area (Å²) in [7, 11) is 0. The van der Waals surface area contributed by atoms with Gasteiger partial charge in [0.1, 0.15) is 0 Å². The van der Waals surface area contributed by atoms with Crippen molar-refractivity contribution in [3.05, 3.63) is 0 Å². The number of hydrogen-bond acceptors (Lipinski definition) is 3. The molecule has 15 heavy (non-hydrogen) atoms. The van der Waals surface area contributed by atoms with E-state index < -0.39 is 0 Å². The Balaban J connectivity index is 2.46. The fraction of sp³-hybridized carbons (Fsp3) is 0.900. The lowest BCUT2D eigenvalue weighted by Crippen LogP contribution is -2.52. The molecule has 1 aliphatic rings. The van der Waals surface area contributed by atoms with Gasteiger partial charge in [-0.3, -0.25) is 4.79 Å². The second kappa shape index (κ2) is 6.30. The molecule has 0 spiro atoms. The molecule has 4 nitrogen and oxygen atoms in total. The fourth-order valence-corrected chi connectivity index (χ4v) is 1.77. The molecular formula is C10H18ClNO3. The maximum atomic E-state index is 11.8. The summed E-state index contributed by atoms with van der Waals surface area (Å²) in [6.07, 6.45) is 0.946. The molecule has 5 heteroatoms. The Bertz CT molecular complexity index is 213. The van der Waals surface area contributed by atoms with Crippen LogP contribution >= 0.6 is 11.6 Å². The number of carbonyl (C=O) groups is 1. The first-order valence-corrected chi connectivity index (χ1v) is 5.80. The van der Waals surface area contributed by atoms with Crippen molar-refractivity contribution in [3.63, 3.8) is 0 Å².